The van der Waals surface area contributed by atoms with Crippen molar-refractivity contribution in [3.8, 4) is 0 Å². The van der Waals surface area contributed by atoms with Crippen LogP contribution < -0.4 is 5.32 Å². The molecule has 0 aromatic carbocycles. The molecule has 1 aliphatic rings. The van der Waals surface area contributed by atoms with E-state index in [1.807, 2.05) is 12.3 Å². The summed E-state index contributed by atoms with van der Waals surface area (Å²) in [5.74, 6) is -0.180. The summed E-state index contributed by atoms with van der Waals surface area (Å²) in [5.41, 5.74) is 0.176. The minimum Gasteiger partial charge on any atom is -0.388 e. The van der Waals surface area contributed by atoms with Crippen molar-refractivity contribution >= 4 is 28.8 Å². The molecule has 1 aromatic rings. The summed E-state index contributed by atoms with van der Waals surface area (Å²) in [7, 11) is 0. The van der Waals surface area contributed by atoms with Crippen LogP contribution >= 0.6 is 22.9 Å². The summed E-state index contributed by atoms with van der Waals surface area (Å²) < 4.78 is 0. The monoisotopic (exact) mass is 301 g/mol. The Balaban J connectivity index is 1.94. The SMILES string of the molecule is Cc1csc(C(=O)NCC2(O)CCCCCC2)c1Cl. The molecule has 106 valence electrons. The molecule has 0 aliphatic heterocycles. The normalized spacial score (nSPS) is 18.9. The molecule has 0 unspecified atom stereocenters. The number of hydrogen-bond acceptors (Lipinski definition) is 3. The molecule has 1 aliphatic carbocycles. The van der Waals surface area contributed by atoms with Gasteiger partial charge in [-0.3, -0.25) is 4.79 Å². The molecule has 1 heterocycles. The number of rotatable bonds is 3. The van der Waals surface area contributed by atoms with Crippen LogP contribution in [0.15, 0.2) is 5.38 Å². The number of carbonyl (C=O) groups is 1. The Hall–Kier alpha value is -0.580. The molecule has 2 rings (SSSR count). The molecule has 5 heteroatoms. The molecule has 0 spiro atoms. The number of aliphatic hydroxyl groups is 1. The molecule has 0 radical (unpaired) electrons. The maximum atomic E-state index is 12.1. The van der Waals surface area contributed by atoms with Crippen LogP contribution in [0.4, 0.5) is 0 Å². The topological polar surface area (TPSA) is 49.3 Å². The Morgan fingerprint density at radius 2 is 2.05 bits per heavy atom. The van der Waals surface area contributed by atoms with Gasteiger partial charge in [0.25, 0.3) is 5.91 Å². The standard InChI is InChI=1S/C14H20ClNO2S/c1-10-8-19-12(11(10)15)13(17)16-9-14(18)6-4-2-3-5-7-14/h8,18H,2-7,9H2,1H3,(H,16,17). The minimum absolute atomic E-state index is 0.180. The van der Waals surface area contributed by atoms with Gasteiger partial charge < -0.3 is 10.4 Å². The zero-order chi connectivity index (χ0) is 13.9. The van der Waals surface area contributed by atoms with Crippen molar-refractivity contribution in [1.82, 2.24) is 5.32 Å². The van der Waals surface area contributed by atoms with Crippen LogP contribution in [-0.4, -0.2) is 23.2 Å². The van der Waals surface area contributed by atoms with Crippen molar-refractivity contribution in [2.75, 3.05) is 6.54 Å². The lowest BCUT2D eigenvalue weighted by atomic mass is 9.94. The lowest BCUT2D eigenvalue weighted by Crippen LogP contribution is -2.42. The Labute approximate surface area is 123 Å². The maximum Gasteiger partial charge on any atom is 0.262 e. The first-order valence-corrected chi connectivity index (χ1v) is 8.02. The molecule has 0 bridgehead atoms. The van der Waals surface area contributed by atoms with Gasteiger partial charge in [0.1, 0.15) is 4.88 Å². The Bertz CT molecular complexity index is 450. The zero-order valence-electron chi connectivity index (χ0n) is 11.2. The van der Waals surface area contributed by atoms with E-state index < -0.39 is 5.60 Å². The maximum absolute atomic E-state index is 12.1. The van der Waals surface area contributed by atoms with Crippen LogP contribution in [-0.2, 0) is 0 Å². The number of nitrogens with one attached hydrogen (secondary N) is 1. The largest absolute Gasteiger partial charge is 0.388 e. The smallest absolute Gasteiger partial charge is 0.262 e. The first-order chi connectivity index (χ1) is 9.02. The van der Waals surface area contributed by atoms with Crippen molar-refractivity contribution in [3.05, 3.63) is 20.8 Å². The third kappa shape index (κ3) is 3.71. The highest BCUT2D eigenvalue weighted by atomic mass is 35.5. The van der Waals surface area contributed by atoms with Crippen molar-refractivity contribution in [3.63, 3.8) is 0 Å². The summed E-state index contributed by atoms with van der Waals surface area (Å²) in [4.78, 5) is 12.6. The van der Waals surface area contributed by atoms with E-state index in [-0.39, 0.29) is 5.91 Å². The van der Waals surface area contributed by atoms with Gasteiger partial charge in [-0.15, -0.1) is 11.3 Å². The summed E-state index contributed by atoms with van der Waals surface area (Å²) in [6, 6.07) is 0. The van der Waals surface area contributed by atoms with Crippen LogP contribution in [0.5, 0.6) is 0 Å². The van der Waals surface area contributed by atoms with Gasteiger partial charge in [0, 0.05) is 6.54 Å². The molecule has 1 aromatic heterocycles. The van der Waals surface area contributed by atoms with E-state index in [0.29, 0.717) is 16.4 Å². The van der Waals surface area contributed by atoms with E-state index in [1.54, 1.807) is 0 Å². The fourth-order valence-electron chi connectivity index (χ4n) is 2.47. The van der Waals surface area contributed by atoms with Gasteiger partial charge in [-0.05, 0) is 30.7 Å². The lowest BCUT2D eigenvalue weighted by molar-refractivity contribution is 0.0247. The van der Waals surface area contributed by atoms with E-state index in [0.717, 1.165) is 31.2 Å². The van der Waals surface area contributed by atoms with Crippen LogP contribution in [0, 0.1) is 6.92 Å². The predicted octanol–water partition coefficient (Wildman–Crippen LogP) is 3.53. The van der Waals surface area contributed by atoms with Crippen molar-refractivity contribution in [1.29, 1.82) is 0 Å². The first kappa shape index (κ1) is 14.8. The highest BCUT2D eigenvalue weighted by molar-refractivity contribution is 7.13. The van der Waals surface area contributed by atoms with Crippen molar-refractivity contribution < 1.29 is 9.90 Å². The molecule has 3 nitrogen and oxygen atoms in total. The minimum atomic E-state index is -0.745. The number of aryl methyl sites for hydroxylation is 1. The third-order valence-electron chi connectivity index (χ3n) is 3.72. The fraction of sp³-hybridized carbons (Fsp3) is 0.643. The highest BCUT2D eigenvalue weighted by Crippen LogP contribution is 2.28. The quantitative estimate of drug-likeness (QED) is 0.839. The molecule has 1 amide bonds. The molecule has 1 fully saturated rings. The average molecular weight is 302 g/mol. The summed E-state index contributed by atoms with van der Waals surface area (Å²) in [5, 5.41) is 15.7. The second-order valence-electron chi connectivity index (χ2n) is 5.38. The first-order valence-electron chi connectivity index (χ1n) is 6.76. The Morgan fingerprint density at radius 1 is 1.42 bits per heavy atom. The third-order valence-corrected chi connectivity index (χ3v) is 5.41. The fourth-order valence-corrected chi connectivity index (χ4v) is 3.67. The van der Waals surface area contributed by atoms with Gasteiger partial charge in [0.15, 0.2) is 0 Å². The second-order valence-corrected chi connectivity index (χ2v) is 6.64. The molecule has 0 saturated heterocycles. The van der Waals surface area contributed by atoms with Crippen LogP contribution in [0.2, 0.25) is 5.02 Å². The van der Waals surface area contributed by atoms with Gasteiger partial charge >= 0.3 is 0 Å². The predicted molar refractivity (Wildman–Crippen MR) is 79.1 cm³/mol. The molecule has 1 saturated carbocycles. The highest BCUT2D eigenvalue weighted by Gasteiger charge is 2.29. The summed E-state index contributed by atoms with van der Waals surface area (Å²) >= 11 is 7.42. The molecule has 0 atom stereocenters. The van der Waals surface area contributed by atoms with E-state index in [2.05, 4.69) is 5.32 Å². The van der Waals surface area contributed by atoms with E-state index in [9.17, 15) is 9.90 Å². The summed E-state index contributed by atoms with van der Waals surface area (Å²) in [6.07, 6.45) is 5.95. The molecular formula is C14H20ClNO2S. The lowest BCUT2D eigenvalue weighted by Gasteiger charge is -2.26. The van der Waals surface area contributed by atoms with Crippen LogP contribution in [0.25, 0.3) is 0 Å². The van der Waals surface area contributed by atoms with E-state index >= 15 is 0 Å². The van der Waals surface area contributed by atoms with E-state index in [1.165, 1.54) is 24.2 Å². The van der Waals surface area contributed by atoms with Crippen LogP contribution in [0.1, 0.15) is 53.8 Å². The van der Waals surface area contributed by atoms with Gasteiger partial charge in [-0.1, -0.05) is 37.3 Å². The van der Waals surface area contributed by atoms with E-state index in [4.69, 9.17) is 11.6 Å². The zero-order valence-corrected chi connectivity index (χ0v) is 12.7. The number of halogens is 1. The molecular weight excluding hydrogens is 282 g/mol. The summed E-state index contributed by atoms with van der Waals surface area (Å²) in [6.45, 7) is 2.20. The van der Waals surface area contributed by atoms with Gasteiger partial charge in [0.05, 0.1) is 10.6 Å². The van der Waals surface area contributed by atoms with Crippen molar-refractivity contribution in [2.45, 2.75) is 51.0 Å². The second kappa shape index (κ2) is 6.25. The Kier molecular flexibility index (Phi) is 4.87. The molecule has 19 heavy (non-hydrogen) atoms. The Morgan fingerprint density at radius 3 is 2.58 bits per heavy atom. The number of amides is 1. The van der Waals surface area contributed by atoms with Gasteiger partial charge in [-0.25, -0.2) is 0 Å². The average Bonchev–Trinajstić information content (AvgIpc) is 2.61. The van der Waals surface area contributed by atoms with Gasteiger partial charge in [0.2, 0.25) is 0 Å². The number of carbonyl (C=O) groups excluding carboxylic acids is 1. The number of thiophene rings is 1. The van der Waals surface area contributed by atoms with Crippen LogP contribution in [0.3, 0.4) is 0 Å². The van der Waals surface area contributed by atoms with Crippen molar-refractivity contribution in [2.24, 2.45) is 0 Å². The van der Waals surface area contributed by atoms with Gasteiger partial charge in [-0.2, -0.15) is 0 Å². The molecule has 2 N–H and O–H groups in total. The number of hydrogen-bond donors (Lipinski definition) is 2.